The van der Waals surface area contributed by atoms with E-state index >= 15 is 0 Å². The molecule has 6 rings (SSSR count). The minimum atomic E-state index is -0.507. The third-order valence-corrected chi connectivity index (χ3v) is 7.49. The van der Waals surface area contributed by atoms with Crippen molar-refractivity contribution in [2.24, 2.45) is 16.6 Å². The quantitative estimate of drug-likeness (QED) is 0.377. The van der Waals surface area contributed by atoms with Gasteiger partial charge in [0.1, 0.15) is 11.3 Å². The van der Waals surface area contributed by atoms with Gasteiger partial charge in [-0.05, 0) is 60.4 Å². The predicted molar refractivity (Wildman–Crippen MR) is 146 cm³/mol. The Kier molecular flexibility index (Phi) is 7.22. The van der Waals surface area contributed by atoms with Gasteiger partial charge in [0.15, 0.2) is 5.82 Å². The fourth-order valence-corrected chi connectivity index (χ4v) is 5.21. The lowest BCUT2D eigenvalue weighted by Gasteiger charge is -2.26. The highest BCUT2D eigenvalue weighted by Crippen LogP contribution is 2.28. The molecule has 1 saturated heterocycles. The smallest absolute Gasteiger partial charge is 0.249 e. The van der Waals surface area contributed by atoms with Crippen LogP contribution in [0, 0.1) is 11.7 Å². The summed E-state index contributed by atoms with van der Waals surface area (Å²) in [6.45, 7) is 4.43. The first-order valence-electron chi connectivity index (χ1n) is 13.3. The van der Waals surface area contributed by atoms with Gasteiger partial charge in [-0.15, -0.1) is 0 Å². The van der Waals surface area contributed by atoms with Crippen molar-refractivity contribution in [1.29, 1.82) is 0 Å². The molecule has 1 aliphatic carbocycles. The van der Waals surface area contributed by atoms with Crippen molar-refractivity contribution in [1.82, 2.24) is 24.3 Å². The maximum atomic E-state index is 14.9. The number of halogens is 1. The summed E-state index contributed by atoms with van der Waals surface area (Å²) in [5.41, 5.74) is 10.8. The van der Waals surface area contributed by atoms with Crippen molar-refractivity contribution >= 4 is 17.8 Å². The van der Waals surface area contributed by atoms with Crippen LogP contribution in [-0.2, 0) is 11.3 Å². The molecule has 0 radical (unpaired) electrons. The number of pyridine rings is 1. The molecule has 2 fully saturated rings. The number of ether oxygens (including phenoxy) is 1. The van der Waals surface area contributed by atoms with Gasteiger partial charge >= 0.3 is 0 Å². The Balaban J connectivity index is 1.24. The van der Waals surface area contributed by atoms with Crippen LogP contribution in [0.3, 0.4) is 0 Å². The first-order chi connectivity index (χ1) is 18.6. The van der Waals surface area contributed by atoms with Gasteiger partial charge in [-0.25, -0.2) is 24.3 Å². The van der Waals surface area contributed by atoms with Crippen LogP contribution < -0.4 is 5.73 Å². The molecule has 0 amide bonds. The number of imidazole rings is 1. The van der Waals surface area contributed by atoms with Gasteiger partial charge in [0.05, 0.1) is 31.3 Å². The van der Waals surface area contributed by atoms with E-state index in [1.54, 1.807) is 6.20 Å². The highest BCUT2D eigenvalue weighted by molar-refractivity contribution is 5.69. The van der Waals surface area contributed by atoms with Gasteiger partial charge < -0.3 is 10.5 Å². The average Bonchev–Trinajstić information content (AvgIpc) is 3.38. The minimum Gasteiger partial charge on any atom is -0.379 e. The fourth-order valence-electron chi connectivity index (χ4n) is 5.21. The molecule has 196 valence electrons. The molecule has 9 heteroatoms. The zero-order chi connectivity index (χ0) is 25.9. The molecule has 4 heterocycles. The van der Waals surface area contributed by atoms with Crippen LogP contribution >= 0.6 is 0 Å². The van der Waals surface area contributed by atoms with E-state index in [4.69, 9.17) is 10.5 Å². The van der Waals surface area contributed by atoms with Crippen LogP contribution in [0.1, 0.15) is 31.2 Å². The molecule has 1 aliphatic heterocycles. The number of nitrogens with zero attached hydrogens (tertiary/aromatic N) is 6. The van der Waals surface area contributed by atoms with Gasteiger partial charge in [-0.2, -0.15) is 0 Å². The maximum Gasteiger partial charge on any atom is 0.249 e. The van der Waals surface area contributed by atoms with Crippen molar-refractivity contribution in [2.45, 2.75) is 38.3 Å². The Morgan fingerprint density at radius 3 is 2.53 bits per heavy atom. The monoisotopic (exact) mass is 513 g/mol. The molecule has 1 saturated carbocycles. The van der Waals surface area contributed by atoms with E-state index in [-0.39, 0.29) is 17.7 Å². The molecular weight excluding hydrogens is 481 g/mol. The number of hydrogen-bond donors (Lipinski definition) is 1. The third kappa shape index (κ3) is 5.50. The number of aromatic nitrogens is 4. The Bertz CT molecular complexity index is 1420. The number of morpholine rings is 1. The van der Waals surface area contributed by atoms with Gasteiger partial charge in [0.2, 0.25) is 5.95 Å². The SMILES string of the molecule is NC1CCC(/C=N/c2ncc(F)c(-c3cnc4ccc(-c5ccc(CN6CCOCC6)cc5)cn34)n2)CC1. The minimum absolute atomic E-state index is 0.184. The predicted octanol–water partition coefficient (Wildman–Crippen LogP) is 4.65. The Morgan fingerprint density at radius 1 is 0.974 bits per heavy atom. The van der Waals surface area contributed by atoms with Gasteiger partial charge in [0, 0.05) is 38.1 Å². The molecule has 8 nitrogen and oxygen atoms in total. The molecule has 0 unspecified atom stereocenters. The van der Waals surface area contributed by atoms with E-state index in [2.05, 4.69) is 49.1 Å². The summed E-state index contributed by atoms with van der Waals surface area (Å²) in [7, 11) is 0. The summed E-state index contributed by atoms with van der Waals surface area (Å²) in [5, 5.41) is 0. The molecule has 2 N–H and O–H groups in total. The van der Waals surface area contributed by atoms with Crippen molar-refractivity contribution in [3.05, 3.63) is 66.4 Å². The van der Waals surface area contributed by atoms with Crippen LogP contribution in [-0.4, -0.2) is 62.8 Å². The zero-order valence-corrected chi connectivity index (χ0v) is 21.3. The zero-order valence-electron chi connectivity index (χ0n) is 21.3. The number of rotatable bonds is 6. The summed E-state index contributed by atoms with van der Waals surface area (Å²) < 4.78 is 22.2. The lowest BCUT2D eigenvalue weighted by Crippen LogP contribution is -2.35. The molecular formula is C29H32FN7O. The van der Waals surface area contributed by atoms with Crippen molar-refractivity contribution < 1.29 is 9.13 Å². The number of fused-ring (bicyclic) bond motifs is 1. The topological polar surface area (TPSA) is 93.9 Å². The van der Waals surface area contributed by atoms with E-state index in [9.17, 15) is 4.39 Å². The Hall–Kier alpha value is -3.53. The van der Waals surface area contributed by atoms with E-state index in [0.717, 1.165) is 69.7 Å². The van der Waals surface area contributed by atoms with E-state index in [0.29, 0.717) is 17.3 Å². The standard InChI is InChI=1S/C29H32FN7O/c30-25-16-34-29(33-15-20-3-8-24(31)9-4-20)35-28(25)26-17-32-27-10-7-23(19-37(26)27)22-5-1-21(2-6-22)18-36-11-13-38-14-12-36/h1-2,5-7,10,15-17,19-20,24H,3-4,8-9,11-14,18,31H2/b33-15+. The molecule has 0 atom stereocenters. The summed E-state index contributed by atoms with van der Waals surface area (Å²) in [6, 6.07) is 12.8. The van der Waals surface area contributed by atoms with Crippen LogP contribution in [0.5, 0.6) is 0 Å². The van der Waals surface area contributed by atoms with E-state index in [1.165, 1.54) is 11.8 Å². The summed E-state index contributed by atoms with van der Waals surface area (Å²) in [6.07, 6.45) is 10.7. The first-order valence-corrected chi connectivity index (χ1v) is 13.3. The first kappa shape index (κ1) is 24.8. The number of hydrogen-bond acceptors (Lipinski definition) is 7. The van der Waals surface area contributed by atoms with Crippen LogP contribution in [0.4, 0.5) is 10.3 Å². The third-order valence-electron chi connectivity index (χ3n) is 7.49. The van der Waals surface area contributed by atoms with Gasteiger partial charge in [0.25, 0.3) is 0 Å². The van der Waals surface area contributed by atoms with Crippen molar-refractivity contribution in [2.75, 3.05) is 26.3 Å². The molecule has 0 bridgehead atoms. The molecule has 4 aromatic rings. The largest absolute Gasteiger partial charge is 0.379 e. The summed E-state index contributed by atoms with van der Waals surface area (Å²) in [4.78, 5) is 19.9. The van der Waals surface area contributed by atoms with Crippen LogP contribution in [0.15, 0.2) is 60.0 Å². The van der Waals surface area contributed by atoms with E-state index in [1.807, 2.05) is 28.9 Å². The second-order valence-corrected chi connectivity index (χ2v) is 10.2. The Labute approximate surface area is 221 Å². The lowest BCUT2D eigenvalue weighted by atomic mass is 9.87. The number of aliphatic imine (C=N–C) groups is 1. The number of nitrogens with two attached hydrogens (primary N) is 1. The van der Waals surface area contributed by atoms with Crippen LogP contribution in [0.2, 0.25) is 0 Å². The molecule has 0 spiro atoms. The van der Waals surface area contributed by atoms with E-state index < -0.39 is 5.82 Å². The highest BCUT2D eigenvalue weighted by Gasteiger charge is 2.18. The second-order valence-electron chi connectivity index (χ2n) is 10.2. The van der Waals surface area contributed by atoms with Crippen molar-refractivity contribution in [3.8, 4) is 22.5 Å². The Morgan fingerprint density at radius 2 is 1.74 bits per heavy atom. The summed E-state index contributed by atoms with van der Waals surface area (Å²) >= 11 is 0. The van der Waals surface area contributed by atoms with Crippen LogP contribution in [0.25, 0.3) is 28.2 Å². The summed E-state index contributed by atoms with van der Waals surface area (Å²) in [5.74, 6) is 0.0935. The normalized spacial score (nSPS) is 20.9. The van der Waals surface area contributed by atoms with Crippen molar-refractivity contribution in [3.63, 3.8) is 0 Å². The second kappa shape index (κ2) is 11.1. The molecule has 2 aliphatic rings. The fraction of sp³-hybridized carbons (Fsp3) is 0.379. The molecule has 3 aromatic heterocycles. The molecule has 38 heavy (non-hydrogen) atoms. The lowest BCUT2D eigenvalue weighted by molar-refractivity contribution is 0.0342. The highest BCUT2D eigenvalue weighted by atomic mass is 19.1. The van der Waals surface area contributed by atoms with Gasteiger partial charge in [-0.1, -0.05) is 24.3 Å². The maximum absolute atomic E-state index is 14.9. The molecule has 1 aromatic carbocycles. The van der Waals surface area contributed by atoms with Gasteiger partial charge in [-0.3, -0.25) is 9.30 Å². The number of benzene rings is 1. The average molecular weight is 514 g/mol.